The Kier molecular flexibility index (Phi) is 8.36. The molecular formula is C21H21Cl2NO4. The average molecular weight is 422 g/mol. The molecule has 0 atom stereocenters. The van der Waals surface area contributed by atoms with Gasteiger partial charge in [0.05, 0.1) is 29.3 Å². The van der Waals surface area contributed by atoms with Crippen LogP contribution in [0.1, 0.15) is 22.3 Å². The van der Waals surface area contributed by atoms with Crippen LogP contribution in [0, 0.1) is 0 Å². The topological polar surface area (TPSA) is 57.7 Å². The molecule has 1 heterocycles. The molecule has 0 aliphatic heterocycles. The molecule has 2 rings (SSSR count). The molecule has 7 heteroatoms. The highest BCUT2D eigenvalue weighted by Gasteiger charge is 2.23. The van der Waals surface area contributed by atoms with Crippen LogP contribution in [0.5, 0.6) is 17.2 Å². The summed E-state index contributed by atoms with van der Waals surface area (Å²) in [6.07, 6.45) is 6.83. The van der Waals surface area contributed by atoms with Gasteiger partial charge in [-0.2, -0.15) is 0 Å². The number of methoxy groups -OCH3 is 1. The lowest BCUT2D eigenvalue weighted by Gasteiger charge is -2.18. The van der Waals surface area contributed by atoms with Crippen molar-refractivity contribution >= 4 is 29.0 Å². The van der Waals surface area contributed by atoms with Gasteiger partial charge in [-0.3, -0.25) is 9.78 Å². The Bertz CT molecular complexity index is 847. The van der Waals surface area contributed by atoms with Crippen molar-refractivity contribution < 1.29 is 19.0 Å². The van der Waals surface area contributed by atoms with Crippen LogP contribution in [-0.2, 0) is 6.42 Å². The molecule has 28 heavy (non-hydrogen) atoms. The minimum Gasteiger partial charge on any atom is -0.493 e. The van der Waals surface area contributed by atoms with Gasteiger partial charge in [-0.05, 0) is 18.6 Å². The summed E-state index contributed by atoms with van der Waals surface area (Å²) in [7, 11) is 1.52. The van der Waals surface area contributed by atoms with Crippen molar-refractivity contribution in [1.29, 1.82) is 0 Å². The fraction of sp³-hybridized carbons (Fsp3) is 0.238. The first-order valence-electron chi connectivity index (χ1n) is 8.52. The summed E-state index contributed by atoms with van der Waals surface area (Å²) < 4.78 is 16.9. The maximum absolute atomic E-state index is 13.0. The van der Waals surface area contributed by atoms with E-state index in [2.05, 4.69) is 18.1 Å². The van der Waals surface area contributed by atoms with Gasteiger partial charge in [-0.1, -0.05) is 41.9 Å². The molecule has 148 valence electrons. The molecule has 1 aromatic heterocycles. The number of nitrogens with zero attached hydrogens (tertiary/aromatic N) is 1. The highest BCUT2D eigenvalue weighted by molar-refractivity contribution is 6.36. The molecule has 0 radical (unpaired) electrons. The number of hydrogen-bond acceptors (Lipinski definition) is 5. The summed E-state index contributed by atoms with van der Waals surface area (Å²) in [6.45, 7) is 7.89. The van der Waals surface area contributed by atoms with Gasteiger partial charge in [0.1, 0.15) is 6.61 Å². The molecule has 0 aliphatic rings. The molecule has 0 saturated carbocycles. The number of carbonyl (C=O) groups excluding carboxylic acids is 1. The van der Waals surface area contributed by atoms with E-state index in [1.54, 1.807) is 24.3 Å². The van der Waals surface area contributed by atoms with Crippen LogP contribution in [-0.4, -0.2) is 31.1 Å². The fourth-order valence-electron chi connectivity index (χ4n) is 2.45. The van der Waals surface area contributed by atoms with E-state index < -0.39 is 0 Å². The molecule has 0 saturated heterocycles. The summed E-state index contributed by atoms with van der Waals surface area (Å²) in [5.41, 5.74) is 0.836. The number of ketones is 1. The van der Waals surface area contributed by atoms with Gasteiger partial charge in [0.15, 0.2) is 17.3 Å². The van der Waals surface area contributed by atoms with E-state index in [0.29, 0.717) is 45.7 Å². The third kappa shape index (κ3) is 5.27. The summed E-state index contributed by atoms with van der Waals surface area (Å²) in [6, 6.07) is 3.29. The van der Waals surface area contributed by atoms with Crippen molar-refractivity contribution in [3.8, 4) is 17.2 Å². The molecule has 0 bridgehead atoms. The van der Waals surface area contributed by atoms with Crippen LogP contribution in [0.4, 0.5) is 0 Å². The monoisotopic (exact) mass is 421 g/mol. The highest BCUT2D eigenvalue weighted by atomic mass is 35.5. The number of halogens is 2. The maximum Gasteiger partial charge on any atom is 0.204 e. The van der Waals surface area contributed by atoms with Crippen molar-refractivity contribution in [2.45, 2.75) is 12.8 Å². The fourth-order valence-corrected chi connectivity index (χ4v) is 2.95. The Morgan fingerprint density at radius 1 is 1.11 bits per heavy atom. The standard InChI is InChI=1S/C21H21Cl2NO4/c1-4-6-10-28-21-19(26-3)8-7-14(20(21)27-9-5-2)18(25)11-15-16(22)12-24-13-17(15)23/h4-5,7-8,12-13H,1-2,6,9-11H2,3H3. The minimum atomic E-state index is -0.231. The smallest absolute Gasteiger partial charge is 0.204 e. The van der Waals surface area contributed by atoms with Gasteiger partial charge < -0.3 is 14.2 Å². The lowest BCUT2D eigenvalue weighted by molar-refractivity contribution is 0.0988. The Morgan fingerprint density at radius 3 is 2.43 bits per heavy atom. The van der Waals surface area contributed by atoms with Crippen molar-refractivity contribution in [1.82, 2.24) is 4.98 Å². The molecule has 5 nitrogen and oxygen atoms in total. The molecule has 0 fully saturated rings. The molecular weight excluding hydrogens is 401 g/mol. The van der Waals surface area contributed by atoms with E-state index in [-0.39, 0.29) is 24.6 Å². The Hall–Kier alpha value is -2.50. The third-order valence-corrected chi connectivity index (χ3v) is 4.45. The second-order valence-corrected chi connectivity index (χ2v) is 6.50. The zero-order chi connectivity index (χ0) is 20.5. The normalized spacial score (nSPS) is 10.2. The minimum absolute atomic E-state index is 0.0109. The number of carbonyl (C=O) groups is 1. The summed E-state index contributed by atoms with van der Waals surface area (Å²) in [5, 5.41) is 0.649. The SMILES string of the molecule is C=CCCOc1c(OC)ccc(C(=O)Cc2c(Cl)cncc2Cl)c1OCC=C. The van der Waals surface area contributed by atoms with Gasteiger partial charge >= 0.3 is 0 Å². The van der Waals surface area contributed by atoms with Crippen LogP contribution in [0.25, 0.3) is 0 Å². The van der Waals surface area contributed by atoms with Crippen molar-refractivity contribution in [2.24, 2.45) is 0 Å². The van der Waals surface area contributed by atoms with Gasteiger partial charge in [0.25, 0.3) is 0 Å². The third-order valence-electron chi connectivity index (χ3n) is 3.80. The zero-order valence-corrected chi connectivity index (χ0v) is 17.1. The lowest BCUT2D eigenvalue weighted by atomic mass is 10.0. The molecule has 2 aromatic rings. The Labute approximate surface area is 174 Å². The number of pyridine rings is 1. The summed E-state index contributed by atoms with van der Waals surface area (Å²) >= 11 is 12.3. The van der Waals surface area contributed by atoms with E-state index in [1.807, 2.05) is 0 Å². The first-order valence-corrected chi connectivity index (χ1v) is 9.28. The van der Waals surface area contributed by atoms with Crippen LogP contribution >= 0.6 is 23.2 Å². The number of aromatic nitrogens is 1. The van der Waals surface area contributed by atoms with Crippen molar-refractivity contribution in [3.63, 3.8) is 0 Å². The predicted octanol–water partition coefficient (Wildman–Crippen LogP) is 5.34. The van der Waals surface area contributed by atoms with Gasteiger partial charge in [0, 0.05) is 24.4 Å². The quantitative estimate of drug-likeness (QED) is 0.278. The van der Waals surface area contributed by atoms with E-state index >= 15 is 0 Å². The zero-order valence-electron chi connectivity index (χ0n) is 15.5. The molecule has 0 amide bonds. The van der Waals surface area contributed by atoms with Crippen LogP contribution in [0.3, 0.4) is 0 Å². The molecule has 0 N–H and O–H groups in total. The van der Waals surface area contributed by atoms with E-state index in [1.165, 1.54) is 19.5 Å². The summed E-state index contributed by atoms with van der Waals surface area (Å²) in [4.78, 5) is 16.9. The number of benzene rings is 1. The van der Waals surface area contributed by atoms with Gasteiger partial charge in [-0.15, -0.1) is 6.58 Å². The average Bonchev–Trinajstić information content (AvgIpc) is 2.69. The molecule has 1 aromatic carbocycles. The molecule has 0 spiro atoms. The first kappa shape index (κ1) is 21.8. The van der Waals surface area contributed by atoms with Crippen molar-refractivity contribution in [3.05, 3.63) is 71.0 Å². The van der Waals surface area contributed by atoms with Crippen molar-refractivity contribution in [2.75, 3.05) is 20.3 Å². The van der Waals surface area contributed by atoms with E-state index in [9.17, 15) is 4.79 Å². The van der Waals surface area contributed by atoms with Gasteiger partial charge in [-0.25, -0.2) is 0 Å². The van der Waals surface area contributed by atoms with Gasteiger partial charge in [0.2, 0.25) is 5.75 Å². The first-order chi connectivity index (χ1) is 13.5. The van der Waals surface area contributed by atoms with Crippen LogP contribution in [0.15, 0.2) is 49.8 Å². The second-order valence-electron chi connectivity index (χ2n) is 5.68. The van der Waals surface area contributed by atoms with Crippen LogP contribution in [0.2, 0.25) is 10.0 Å². The maximum atomic E-state index is 13.0. The molecule has 0 aliphatic carbocycles. The Balaban J connectivity index is 2.45. The van der Waals surface area contributed by atoms with E-state index in [4.69, 9.17) is 37.4 Å². The second kappa shape index (κ2) is 10.7. The van der Waals surface area contributed by atoms with Crippen LogP contribution < -0.4 is 14.2 Å². The highest BCUT2D eigenvalue weighted by Crippen LogP contribution is 2.41. The number of hydrogen-bond donors (Lipinski definition) is 0. The predicted molar refractivity (Wildman–Crippen MR) is 111 cm³/mol. The number of rotatable bonds is 11. The number of ether oxygens (including phenoxy) is 3. The molecule has 0 unspecified atom stereocenters. The lowest BCUT2D eigenvalue weighted by Crippen LogP contribution is -2.11. The summed E-state index contributed by atoms with van der Waals surface area (Å²) in [5.74, 6) is 0.864. The van der Waals surface area contributed by atoms with E-state index in [0.717, 1.165) is 0 Å². The number of Topliss-reactive ketones (excluding diaryl/α,β-unsaturated/α-hetero) is 1. The Morgan fingerprint density at radius 2 is 1.82 bits per heavy atom. The largest absolute Gasteiger partial charge is 0.493 e.